The minimum absolute atomic E-state index is 0.0540. The molecule has 1 fully saturated rings. The van der Waals surface area contributed by atoms with Gasteiger partial charge in [-0.2, -0.15) is 0 Å². The Labute approximate surface area is 165 Å². The SMILES string of the molecule is CCCC1CCC(c2cc(F)c(C3=CCc4ccc(F)cc4C3)c(F)c2)CC1. The monoisotopic (exact) mass is 384 g/mol. The van der Waals surface area contributed by atoms with E-state index in [1.807, 2.05) is 6.08 Å². The first-order valence-corrected chi connectivity index (χ1v) is 10.5. The van der Waals surface area contributed by atoms with Crippen molar-refractivity contribution in [3.8, 4) is 0 Å². The third-order valence-electron chi connectivity index (χ3n) is 6.52. The summed E-state index contributed by atoms with van der Waals surface area (Å²) in [5.74, 6) is -0.270. The summed E-state index contributed by atoms with van der Waals surface area (Å²) in [6.07, 6.45) is 9.59. The summed E-state index contributed by atoms with van der Waals surface area (Å²) in [4.78, 5) is 0. The predicted octanol–water partition coefficient (Wildman–Crippen LogP) is 7.36. The predicted molar refractivity (Wildman–Crippen MR) is 108 cm³/mol. The number of benzene rings is 2. The van der Waals surface area contributed by atoms with E-state index in [0.29, 0.717) is 18.4 Å². The van der Waals surface area contributed by atoms with E-state index in [1.54, 1.807) is 6.07 Å². The van der Waals surface area contributed by atoms with Crippen molar-refractivity contribution in [1.29, 1.82) is 0 Å². The molecular formula is C25H27F3. The molecule has 1 saturated carbocycles. The van der Waals surface area contributed by atoms with E-state index >= 15 is 0 Å². The lowest BCUT2D eigenvalue weighted by Crippen LogP contribution is -2.14. The smallest absolute Gasteiger partial charge is 0.133 e. The van der Waals surface area contributed by atoms with Crippen molar-refractivity contribution in [1.82, 2.24) is 0 Å². The van der Waals surface area contributed by atoms with E-state index in [0.717, 1.165) is 48.3 Å². The maximum absolute atomic E-state index is 14.9. The molecule has 0 atom stereocenters. The van der Waals surface area contributed by atoms with Crippen LogP contribution in [0.15, 0.2) is 36.4 Å². The summed E-state index contributed by atoms with van der Waals surface area (Å²) < 4.78 is 43.4. The first kappa shape index (κ1) is 19.3. The molecule has 0 radical (unpaired) electrons. The average Bonchev–Trinajstić information content (AvgIpc) is 2.68. The van der Waals surface area contributed by atoms with E-state index in [9.17, 15) is 13.2 Å². The van der Waals surface area contributed by atoms with Gasteiger partial charge in [-0.25, -0.2) is 13.2 Å². The largest absolute Gasteiger partial charge is 0.207 e. The minimum Gasteiger partial charge on any atom is -0.207 e. The van der Waals surface area contributed by atoms with Crippen LogP contribution < -0.4 is 0 Å². The van der Waals surface area contributed by atoms with Crippen molar-refractivity contribution in [3.63, 3.8) is 0 Å². The molecule has 2 aromatic rings. The lowest BCUT2D eigenvalue weighted by Gasteiger charge is -2.29. The molecule has 0 amide bonds. The molecule has 0 bridgehead atoms. The van der Waals surface area contributed by atoms with Gasteiger partial charge in [-0.05, 0) is 96.9 Å². The van der Waals surface area contributed by atoms with Gasteiger partial charge in [0.05, 0.1) is 0 Å². The van der Waals surface area contributed by atoms with Crippen LogP contribution in [0.3, 0.4) is 0 Å². The summed E-state index contributed by atoms with van der Waals surface area (Å²) in [6, 6.07) is 7.73. The van der Waals surface area contributed by atoms with Crippen molar-refractivity contribution in [2.45, 2.75) is 64.2 Å². The second kappa shape index (κ2) is 8.14. The fourth-order valence-electron chi connectivity index (χ4n) is 4.99. The molecule has 2 aliphatic carbocycles. The van der Waals surface area contributed by atoms with Crippen LogP contribution in [0.25, 0.3) is 5.57 Å². The van der Waals surface area contributed by atoms with Crippen LogP contribution in [0.5, 0.6) is 0 Å². The molecular weight excluding hydrogens is 357 g/mol. The quantitative estimate of drug-likeness (QED) is 0.516. The van der Waals surface area contributed by atoms with Gasteiger partial charge in [-0.3, -0.25) is 0 Å². The van der Waals surface area contributed by atoms with Gasteiger partial charge in [0.15, 0.2) is 0 Å². The molecule has 2 aromatic carbocycles. The molecule has 0 unspecified atom stereocenters. The zero-order valence-electron chi connectivity index (χ0n) is 16.4. The lowest BCUT2D eigenvalue weighted by molar-refractivity contribution is 0.307. The molecule has 0 spiro atoms. The molecule has 0 aromatic heterocycles. The van der Waals surface area contributed by atoms with Crippen LogP contribution in [-0.4, -0.2) is 0 Å². The van der Waals surface area contributed by atoms with E-state index in [2.05, 4.69) is 6.92 Å². The summed E-state index contributed by atoms with van der Waals surface area (Å²) >= 11 is 0. The van der Waals surface area contributed by atoms with Gasteiger partial charge in [0, 0.05) is 5.56 Å². The molecule has 0 heterocycles. The normalized spacial score (nSPS) is 21.9. The molecule has 28 heavy (non-hydrogen) atoms. The second-order valence-corrected chi connectivity index (χ2v) is 8.39. The number of fused-ring (bicyclic) bond motifs is 1. The van der Waals surface area contributed by atoms with E-state index in [1.165, 1.54) is 37.1 Å². The Bertz CT molecular complexity index is 866. The Hall–Kier alpha value is -2.03. The van der Waals surface area contributed by atoms with Crippen molar-refractivity contribution >= 4 is 5.57 Å². The molecule has 0 nitrogen and oxygen atoms in total. The van der Waals surface area contributed by atoms with Crippen molar-refractivity contribution < 1.29 is 13.2 Å². The first-order valence-electron chi connectivity index (χ1n) is 10.5. The van der Waals surface area contributed by atoms with Gasteiger partial charge in [-0.15, -0.1) is 0 Å². The van der Waals surface area contributed by atoms with Crippen LogP contribution in [0.4, 0.5) is 13.2 Å². The van der Waals surface area contributed by atoms with Crippen molar-refractivity contribution in [2.24, 2.45) is 5.92 Å². The number of halogens is 3. The number of rotatable bonds is 4. The van der Waals surface area contributed by atoms with Gasteiger partial charge in [0.2, 0.25) is 0 Å². The van der Waals surface area contributed by atoms with E-state index in [-0.39, 0.29) is 17.3 Å². The second-order valence-electron chi connectivity index (χ2n) is 8.39. The fraction of sp³-hybridized carbons (Fsp3) is 0.440. The Morgan fingerprint density at radius 2 is 1.61 bits per heavy atom. The molecule has 3 heteroatoms. The maximum Gasteiger partial charge on any atom is 0.133 e. The third-order valence-corrected chi connectivity index (χ3v) is 6.52. The Morgan fingerprint density at radius 3 is 2.29 bits per heavy atom. The first-order chi connectivity index (χ1) is 13.5. The van der Waals surface area contributed by atoms with Gasteiger partial charge in [0.1, 0.15) is 17.5 Å². The maximum atomic E-state index is 14.9. The molecule has 2 aliphatic rings. The highest BCUT2D eigenvalue weighted by Gasteiger charge is 2.25. The highest BCUT2D eigenvalue weighted by atomic mass is 19.1. The lowest BCUT2D eigenvalue weighted by atomic mass is 9.77. The van der Waals surface area contributed by atoms with Crippen LogP contribution in [-0.2, 0) is 12.8 Å². The van der Waals surface area contributed by atoms with Crippen LogP contribution >= 0.6 is 0 Å². The molecule has 0 saturated heterocycles. The van der Waals surface area contributed by atoms with Crippen molar-refractivity contribution in [3.05, 3.63) is 76.1 Å². The van der Waals surface area contributed by atoms with Crippen LogP contribution in [0.2, 0.25) is 0 Å². The number of hydrogen-bond donors (Lipinski definition) is 0. The van der Waals surface area contributed by atoms with Gasteiger partial charge < -0.3 is 0 Å². The number of allylic oxidation sites excluding steroid dienone is 2. The number of hydrogen-bond acceptors (Lipinski definition) is 0. The topological polar surface area (TPSA) is 0 Å². The van der Waals surface area contributed by atoms with Crippen LogP contribution in [0, 0.1) is 23.4 Å². The Morgan fingerprint density at radius 1 is 0.893 bits per heavy atom. The van der Waals surface area contributed by atoms with E-state index < -0.39 is 11.6 Å². The zero-order valence-corrected chi connectivity index (χ0v) is 16.4. The highest BCUT2D eigenvalue weighted by Crippen LogP contribution is 2.39. The molecule has 0 N–H and O–H groups in total. The Balaban J connectivity index is 1.55. The Kier molecular flexibility index (Phi) is 5.61. The third kappa shape index (κ3) is 3.90. The van der Waals surface area contributed by atoms with E-state index in [4.69, 9.17) is 0 Å². The molecule has 148 valence electrons. The summed E-state index contributed by atoms with van der Waals surface area (Å²) in [5.41, 5.74) is 3.29. The summed E-state index contributed by atoms with van der Waals surface area (Å²) in [5, 5.41) is 0. The average molecular weight is 384 g/mol. The standard InChI is InChI=1S/C25H27F3/c1-2-3-16-4-6-17(7-5-16)21-14-23(27)25(24(28)15-21)19-9-8-18-10-11-22(26)13-20(18)12-19/h9-11,13-17H,2-8,12H2,1H3. The summed E-state index contributed by atoms with van der Waals surface area (Å²) in [6.45, 7) is 2.21. The van der Waals surface area contributed by atoms with Gasteiger partial charge >= 0.3 is 0 Å². The molecule has 0 aliphatic heterocycles. The minimum atomic E-state index is -0.489. The zero-order chi connectivity index (χ0) is 19.7. The fourth-order valence-corrected chi connectivity index (χ4v) is 4.99. The van der Waals surface area contributed by atoms with Crippen molar-refractivity contribution in [2.75, 3.05) is 0 Å². The van der Waals surface area contributed by atoms with Crippen LogP contribution in [0.1, 0.15) is 73.6 Å². The summed E-state index contributed by atoms with van der Waals surface area (Å²) in [7, 11) is 0. The van der Waals surface area contributed by atoms with Gasteiger partial charge in [-0.1, -0.05) is 31.9 Å². The highest BCUT2D eigenvalue weighted by molar-refractivity contribution is 5.71. The molecule has 4 rings (SSSR count). The van der Waals surface area contributed by atoms with Gasteiger partial charge in [0.25, 0.3) is 0 Å².